The van der Waals surface area contributed by atoms with Gasteiger partial charge in [-0.1, -0.05) is 0 Å². The van der Waals surface area contributed by atoms with Crippen molar-refractivity contribution in [3.63, 3.8) is 0 Å². The van der Waals surface area contributed by atoms with Crippen molar-refractivity contribution in [2.45, 2.75) is 26.2 Å². The minimum absolute atomic E-state index is 0.557. The van der Waals surface area contributed by atoms with Gasteiger partial charge in [-0.25, -0.2) is 0 Å². The third-order valence-electron chi connectivity index (χ3n) is 4.28. The number of hydrogen-bond donors (Lipinski definition) is 2. The largest absolute Gasteiger partial charge is 0.378 e. The van der Waals surface area contributed by atoms with Crippen LogP contribution in [0.1, 0.15) is 26.2 Å². The van der Waals surface area contributed by atoms with Crippen LogP contribution < -0.4 is 20.4 Å². The number of aromatic nitrogens is 2. The van der Waals surface area contributed by atoms with Crippen LogP contribution in [-0.2, 0) is 4.74 Å². The van der Waals surface area contributed by atoms with E-state index in [0.717, 1.165) is 57.6 Å². The minimum Gasteiger partial charge on any atom is -0.378 e. The van der Waals surface area contributed by atoms with E-state index in [9.17, 15) is 0 Å². The number of nitrogens with one attached hydrogen (secondary N) is 2. The highest BCUT2D eigenvalue weighted by Crippen LogP contribution is 2.24. The van der Waals surface area contributed by atoms with Crippen LogP contribution in [0.25, 0.3) is 0 Å². The van der Waals surface area contributed by atoms with Crippen LogP contribution in [-0.4, -0.2) is 61.0 Å². The number of piperidine rings is 1. The summed E-state index contributed by atoms with van der Waals surface area (Å²) in [6.07, 6.45) is 3.73. The Morgan fingerprint density at radius 2 is 1.71 bits per heavy atom. The van der Waals surface area contributed by atoms with Crippen molar-refractivity contribution in [1.82, 2.24) is 15.3 Å². The quantitative estimate of drug-likeness (QED) is 0.794. The van der Waals surface area contributed by atoms with Gasteiger partial charge in [0.05, 0.1) is 13.2 Å². The van der Waals surface area contributed by atoms with Gasteiger partial charge < -0.3 is 25.2 Å². The van der Waals surface area contributed by atoms with Crippen LogP contribution in [0.2, 0.25) is 0 Å². The normalized spacial score (nSPS) is 18.4. The fourth-order valence-corrected chi connectivity index (χ4v) is 3.26. The molecule has 2 aliphatic rings. The minimum atomic E-state index is 0.557. The molecule has 0 aromatic carbocycles. The first kappa shape index (κ1) is 17.2. The summed E-state index contributed by atoms with van der Waals surface area (Å²) in [6.45, 7) is 8.07. The summed E-state index contributed by atoms with van der Waals surface area (Å²) in [5.74, 6) is 2.48. The zero-order valence-corrected chi connectivity index (χ0v) is 15.1. The highest BCUT2D eigenvalue weighted by Gasteiger charge is 2.19. The lowest BCUT2D eigenvalue weighted by molar-refractivity contribution is 0.122. The summed E-state index contributed by atoms with van der Waals surface area (Å²) in [5.41, 5.74) is 0. The summed E-state index contributed by atoms with van der Waals surface area (Å²) in [5, 5.41) is 6.76. The van der Waals surface area contributed by atoms with Crippen molar-refractivity contribution >= 4 is 34.9 Å². The maximum absolute atomic E-state index is 5.45. The third-order valence-corrected chi connectivity index (χ3v) is 4.52. The molecule has 0 spiro atoms. The monoisotopic (exact) mass is 350 g/mol. The molecule has 3 heterocycles. The molecule has 2 aliphatic heterocycles. The van der Waals surface area contributed by atoms with Crippen molar-refractivity contribution in [3.05, 3.63) is 6.07 Å². The Bertz CT molecular complexity index is 521. The summed E-state index contributed by atoms with van der Waals surface area (Å²) in [4.78, 5) is 14.0. The van der Waals surface area contributed by atoms with Gasteiger partial charge >= 0.3 is 0 Å². The smallest absolute Gasteiger partial charge is 0.232 e. The molecule has 0 saturated carbocycles. The zero-order valence-electron chi connectivity index (χ0n) is 14.3. The van der Waals surface area contributed by atoms with Crippen molar-refractivity contribution in [3.8, 4) is 0 Å². The van der Waals surface area contributed by atoms with Crippen molar-refractivity contribution in [2.75, 3.05) is 61.1 Å². The second-order valence-electron chi connectivity index (χ2n) is 6.04. The van der Waals surface area contributed by atoms with E-state index in [1.807, 2.05) is 6.92 Å². The first-order valence-electron chi connectivity index (χ1n) is 8.78. The van der Waals surface area contributed by atoms with E-state index >= 15 is 0 Å². The molecule has 0 atom stereocenters. The summed E-state index contributed by atoms with van der Waals surface area (Å²) in [6, 6.07) is 2.10. The highest BCUT2D eigenvalue weighted by atomic mass is 32.1. The molecule has 0 bridgehead atoms. The van der Waals surface area contributed by atoms with Crippen molar-refractivity contribution in [1.29, 1.82) is 0 Å². The van der Waals surface area contributed by atoms with Gasteiger partial charge in [0.15, 0.2) is 5.11 Å². The number of rotatable bonds is 4. The number of ether oxygens (including phenoxy) is 1. The maximum Gasteiger partial charge on any atom is 0.232 e. The lowest BCUT2D eigenvalue weighted by Crippen LogP contribution is -2.38. The fourth-order valence-electron chi connectivity index (χ4n) is 3.02. The van der Waals surface area contributed by atoms with E-state index in [-0.39, 0.29) is 0 Å². The Hall–Kier alpha value is -1.67. The molecule has 132 valence electrons. The molecule has 7 nitrogen and oxygen atoms in total. The molecule has 24 heavy (non-hydrogen) atoms. The van der Waals surface area contributed by atoms with Gasteiger partial charge in [-0.05, 0) is 38.4 Å². The van der Waals surface area contributed by atoms with Gasteiger partial charge in [0.25, 0.3) is 0 Å². The number of nitrogens with zero attached hydrogens (tertiary/aromatic N) is 4. The molecule has 1 aromatic heterocycles. The third kappa shape index (κ3) is 4.45. The number of anilines is 3. The molecular formula is C16H26N6OS. The van der Waals surface area contributed by atoms with E-state index in [2.05, 4.69) is 31.5 Å². The molecule has 0 amide bonds. The number of hydrogen-bond acceptors (Lipinski definition) is 6. The molecule has 2 N–H and O–H groups in total. The van der Waals surface area contributed by atoms with Crippen LogP contribution in [0.5, 0.6) is 0 Å². The van der Waals surface area contributed by atoms with Gasteiger partial charge in [-0.2, -0.15) is 9.97 Å². The van der Waals surface area contributed by atoms with Crippen LogP contribution in [0.15, 0.2) is 6.07 Å². The van der Waals surface area contributed by atoms with E-state index in [0.29, 0.717) is 11.1 Å². The molecule has 0 aliphatic carbocycles. The molecular weight excluding hydrogens is 324 g/mol. The second kappa shape index (κ2) is 8.43. The standard InChI is InChI=1S/C16H26N6OS/c1-2-17-16(24)20-15-18-13(21-6-4-3-5-7-21)12-14(19-15)22-8-10-23-11-9-22/h12H,2-11H2,1H3,(H2,17,18,19,20,24). The molecule has 2 saturated heterocycles. The van der Waals surface area contributed by atoms with E-state index < -0.39 is 0 Å². The Balaban J connectivity index is 1.84. The Morgan fingerprint density at radius 1 is 1.08 bits per heavy atom. The van der Waals surface area contributed by atoms with Gasteiger partial charge in [0, 0.05) is 38.8 Å². The van der Waals surface area contributed by atoms with Crippen LogP contribution in [0.4, 0.5) is 17.6 Å². The molecule has 8 heteroatoms. The molecule has 3 rings (SSSR count). The second-order valence-corrected chi connectivity index (χ2v) is 6.45. The fraction of sp³-hybridized carbons (Fsp3) is 0.688. The van der Waals surface area contributed by atoms with Crippen molar-refractivity contribution in [2.24, 2.45) is 0 Å². The topological polar surface area (TPSA) is 65.6 Å². The molecule has 2 fully saturated rings. The van der Waals surface area contributed by atoms with Gasteiger partial charge in [0.1, 0.15) is 11.6 Å². The maximum atomic E-state index is 5.45. The van der Waals surface area contributed by atoms with Crippen LogP contribution in [0.3, 0.4) is 0 Å². The van der Waals surface area contributed by atoms with E-state index in [1.54, 1.807) is 0 Å². The first-order chi connectivity index (χ1) is 11.8. The molecule has 1 aromatic rings. The zero-order chi connectivity index (χ0) is 16.8. The first-order valence-corrected chi connectivity index (χ1v) is 9.18. The van der Waals surface area contributed by atoms with Crippen LogP contribution in [0, 0.1) is 0 Å². The van der Waals surface area contributed by atoms with Crippen LogP contribution >= 0.6 is 12.2 Å². The Morgan fingerprint density at radius 3 is 2.33 bits per heavy atom. The van der Waals surface area contributed by atoms with Crippen molar-refractivity contribution < 1.29 is 4.74 Å². The van der Waals surface area contributed by atoms with Gasteiger partial charge in [-0.15, -0.1) is 0 Å². The lowest BCUT2D eigenvalue weighted by atomic mass is 10.1. The summed E-state index contributed by atoms with van der Waals surface area (Å²) in [7, 11) is 0. The Labute approximate surface area is 148 Å². The lowest BCUT2D eigenvalue weighted by Gasteiger charge is -2.31. The predicted octanol–water partition coefficient (Wildman–Crippen LogP) is 1.61. The highest BCUT2D eigenvalue weighted by molar-refractivity contribution is 7.80. The summed E-state index contributed by atoms with van der Waals surface area (Å²) >= 11 is 5.29. The van der Waals surface area contributed by atoms with Gasteiger partial charge in [-0.3, -0.25) is 0 Å². The number of thiocarbonyl (C=S) groups is 1. The number of morpholine rings is 1. The van der Waals surface area contributed by atoms with Gasteiger partial charge in [0.2, 0.25) is 5.95 Å². The van der Waals surface area contributed by atoms with E-state index in [4.69, 9.17) is 21.9 Å². The molecule has 0 radical (unpaired) electrons. The average Bonchev–Trinajstić information content (AvgIpc) is 2.63. The molecule has 0 unspecified atom stereocenters. The van der Waals surface area contributed by atoms with E-state index in [1.165, 1.54) is 19.3 Å². The summed E-state index contributed by atoms with van der Waals surface area (Å²) < 4.78 is 5.45. The SMILES string of the molecule is CCNC(=S)Nc1nc(N2CCCCC2)cc(N2CCOCC2)n1. The Kier molecular flexibility index (Phi) is 6.03. The predicted molar refractivity (Wildman–Crippen MR) is 101 cm³/mol. The average molecular weight is 350 g/mol.